The normalized spacial score (nSPS) is 11.8. The molecule has 1 aromatic carbocycles. The smallest absolute Gasteiger partial charge is 0.305 e. The average molecular weight is 273 g/mol. The van der Waals surface area contributed by atoms with Gasteiger partial charge in [0.05, 0.1) is 18.9 Å². The fraction of sp³-hybridized carbons (Fsp3) is 0.214. The lowest BCUT2D eigenvalue weighted by Crippen LogP contribution is -2.35. The second kappa shape index (κ2) is 6.01. The monoisotopic (exact) mass is 273 g/mol. The largest absolute Gasteiger partial charge is 0.481 e. The number of imidazole rings is 1. The summed E-state index contributed by atoms with van der Waals surface area (Å²) in [6.45, 7) is 1.65. The van der Waals surface area contributed by atoms with E-state index in [1.807, 2.05) is 30.3 Å². The minimum absolute atomic E-state index is 0.120. The lowest BCUT2D eigenvalue weighted by atomic mass is 10.2. The molecule has 6 nitrogen and oxygen atoms in total. The van der Waals surface area contributed by atoms with Crippen LogP contribution in [0.1, 0.15) is 23.8 Å². The second-order valence-electron chi connectivity index (χ2n) is 4.46. The molecule has 6 heteroatoms. The first-order chi connectivity index (χ1) is 9.58. The number of carboxylic acid groups (broad SMARTS) is 1. The Morgan fingerprint density at radius 3 is 2.70 bits per heavy atom. The molecule has 0 saturated heterocycles. The summed E-state index contributed by atoms with van der Waals surface area (Å²) in [7, 11) is 0. The average Bonchev–Trinajstić information content (AvgIpc) is 2.87. The minimum Gasteiger partial charge on any atom is -0.481 e. The van der Waals surface area contributed by atoms with Crippen LogP contribution in [-0.4, -0.2) is 32.6 Å². The fourth-order valence-electron chi connectivity index (χ4n) is 1.87. The van der Waals surface area contributed by atoms with E-state index in [0.717, 1.165) is 5.69 Å². The van der Waals surface area contributed by atoms with Gasteiger partial charge < -0.3 is 10.4 Å². The zero-order chi connectivity index (χ0) is 14.5. The predicted octanol–water partition coefficient (Wildman–Crippen LogP) is 1.47. The molecule has 0 fully saturated rings. The molecule has 0 aliphatic heterocycles. The Labute approximate surface area is 116 Å². The Morgan fingerprint density at radius 1 is 1.35 bits per heavy atom. The number of hydrogen-bond donors (Lipinski definition) is 2. The zero-order valence-electron chi connectivity index (χ0n) is 11.0. The number of aromatic nitrogens is 2. The van der Waals surface area contributed by atoms with Gasteiger partial charge in [-0.15, -0.1) is 0 Å². The summed E-state index contributed by atoms with van der Waals surface area (Å²) in [5, 5.41) is 11.3. The molecule has 0 aliphatic rings. The number of carboxylic acids is 1. The second-order valence-corrected chi connectivity index (χ2v) is 4.46. The highest BCUT2D eigenvalue weighted by atomic mass is 16.4. The van der Waals surface area contributed by atoms with Crippen molar-refractivity contribution in [2.24, 2.45) is 0 Å². The van der Waals surface area contributed by atoms with Crippen molar-refractivity contribution in [3.05, 3.63) is 48.5 Å². The third-order valence-electron chi connectivity index (χ3n) is 2.76. The van der Waals surface area contributed by atoms with Crippen molar-refractivity contribution in [3.8, 4) is 5.69 Å². The van der Waals surface area contributed by atoms with E-state index >= 15 is 0 Å². The van der Waals surface area contributed by atoms with Crippen molar-refractivity contribution >= 4 is 11.9 Å². The molecule has 1 heterocycles. The van der Waals surface area contributed by atoms with Crippen LogP contribution >= 0.6 is 0 Å². The first kappa shape index (κ1) is 13.8. The van der Waals surface area contributed by atoms with E-state index in [1.165, 1.54) is 6.20 Å². The number of rotatable bonds is 5. The molecule has 0 spiro atoms. The van der Waals surface area contributed by atoms with Crippen molar-refractivity contribution in [1.82, 2.24) is 14.9 Å². The first-order valence-corrected chi connectivity index (χ1v) is 6.18. The molecule has 0 bridgehead atoms. The van der Waals surface area contributed by atoms with Crippen molar-refractivity contribution in [2.75, 3.05) is 0 Å². The Bertz CT molecular complexity index is 607. The lowest BCUT2D eigenvalue weighted by molar-refractivity contribution is -0.137. The molecular weight excluding hydrogens is 258 g/mol. The minimum atomic E-state index is -0.950. The van der Waals surface area contributed by atoms with Gasteiger partial charge in [-0.2, -0.15) is 0 Å². The first-order valence-electron chi connectivity index (χ1n) is 6.18. The van der Waals surface area contributed by atoms with Crippen LogP contribution in [0.25, 0.3) is 5.69 Å². The number of benzene rings is 1. The van der Waals surface area contributed by atoms with Crippen molar-refractivity contribution in [1.29, 1.82) is 0 Å². The molecule has 104 valence electrons. The Balaban J connectivity index is 2.16. The summed E-state index contributed by atoms with van der Waals surface area (Å²) >= 11 is 0. The number of carbonyl (C=O) groups excluding carboxylic acids is 1. The molecule has 1 amide bonds. The number of para-hydroxylation sites is 1. The van der Waals surface area contributed by atoms with E-state index in [0.29, 0.717) is 5.69 Å². The molecule has 20 heavy (non-hydrogen) atoms. The summed E-state index contributed by atoms with van der Waals surface area (Å²) in [5.74, 6) is -1.30. The maximum atomic E-state index is 12.1. The third kappa shape index (κ3) is 3.23. The molecule has 1 unspecified atom stereocenters. The molecule has 2 rings (SSSR count). The number of aliphatic carboxylic acids is 1. The van der Waals surface area contributed by atoms with Gasteiger partial charge >= 0.3 is 5.97 Å². The Hall–Kier alpha value is -2.63. The molecule has 2 N–H and O–H groups in total. The summed E-state index contributed by atoms with van der Waals surface area (Å²) in [5.41, 5.74) is 1.19. The van der Waals surface area contributed by atoms with Gasteiger partial charge in [-0.25, -0.2) is 4.98 Å². The van der Waals surface area contributed by atoms with Gasteiger partial charge in [0.2, 0.25) is 0 Å². The molecule has 0 radical (unpaired) electrons. The van der Waals surface area contributed by atoms with E-state index in [4.69, 9.17) is 5.11 Å². The van der Waals surface area contributed by atoms with Gasteiger partial charge in [0.25, 0.3) is 5.91 Å². The number of nitrogens with zero attached hydrogens (tertiary/aromatic N) is 2. The predicted molar refractivity (Wildman–Crippen MR) is 72.7 cm³/mol. The standard InChI is InChI=1S/C14H15N3O3/c1-10(7-13(18)19)16-14(20)12-8-15-9-17(12)11-5-3-2-4-6-11/h2-6,8-10H,7H2,1H3,(H,16,20)(H,18,19). The van der Waals surface area contributed by atoms with Gasteiger partial charge in [0.15, 0.2) is 0 Å². The quantitative estimate of drug-likeness (QED) is 0.864. The molecule has 1 atom stereocenters. The van der Waals surface area contributed by atoms with Crippen LogP contribution in [0.4, 0.5) is 0 Å². The number of carbonyl (C=O) groups is 2. The molecule has 0 saturated carbocycles. The summed E-state index contributed by atoms with van der Waals surface area (Å²) in [4.78, 5) is 26.7. The van der Waals surface area contributed by atoms with E-state index in [2.05, 4.69) is 10.3 Å². The summed E-state index contributed by atoms with van der Waals surface area (Å²) in [6.07, 6.45) is 2.88. The van der Waals surface area contributed by atoms with Crippen molar-refractivity contribution in [2.45, 2.75) is 19.4 Å². The molecular formula is C14H15N3O3. The maximum absolute atomic E-state index is 12.1. The highest BCUT2D eigenvalue weighted by Crippen LogP contribution is 2.11. The molecule has 1 aromatic heterocycles. The van der Waals surface area contributed by atoms with E-state index in [9.17, 15) is 9.59 Å². The van der Waals surface area contributed by atoms with Crippen LogP contribution in [-0.2, 0) is 4.79 Å². The topological polar surface area (TPSA) is 84.2 Å². The van der Waals surface area contributed by atoms with Crippen molar-refractivity contribution in [3.63, 3.8) is 0 Å². The lowest BCUT2D eigenvalue weighted by Gasteiger charge is -2.13. The highest BCUT2D eigenvalue weighted by molar-refractivity contribution is 5.93. The highest BCUT2D eigenvalue weighted by Gasteiger charge is 2.16. The van der Waals surface area contributed by atoms with Crippen LogP contribution in [0.15, 0.2) is 42.9 Å². The maximum Gasteiger partial charge on any atom is 0.305 e. The van der Waals surface area contributed by atoms with E-state index in [1.54, 1.807) is 17.8 Å². The van der Waals surface area contributed by atoms with Crippen LogP contribution < -0.4 is 5.32 Å². The number of amides is 1. The van der Waals surface area contributed by atoms with Crippen LogP contribution in [0.2, 0.25) is 0 Å². The SMILES string of the molecule is CC(CC(=O)O)NC(=O)c1cncn1-c1ccccc1. The summed E-state index contributed by atoms with van der Waals surface area (Å²) < 4.78 is 1.66. The Morgan fingerprint density at radius 2 is 2.05 bits per heavy atom. The van der Waals surface area contributed by atoms with Crippen LogP contribution in [0.5, 0.6) is 0 Å². The fourth-order valence-corrected chi connectivity index (χ4v) is 1.87. The number of nitrogens with one attached hydrogen (secondary N) is 1. The molecule has 2 aromatic rings. The van der Waals surface area contributed by atoms with Gasteiger partial charge in [-0.05, 0) is 19.1 Å². The third-order valence-corrected chi connectivity index (χ3v) is 2.76. The number of hydrogen-bond acceptors (Lipinski definition) is 3. The summed E-state index contributed by atoms with van der Waals surface area (Å²) in [6, 6.07) is 8.89. The Kier molecular flexibility index (Phi) is 4.14. The van der Waals surface area contributed by atoms with Gasteiger partial charge in [0.1, 0.15) is 5.69 Å². The van der Waals surface area contributed by atoms with Crippen LogP contribution in [0, 0.1) is 0 Å². The van der Waals surface area contributed by atoms with Gasteiger partial charge in [-0.3, -0.25) is 14.2 Å². The zero-order valence-corrected chi connectivity index (χ0v) is 11.0. The van der Waals surface area contributed by atoms with Crippen LogP contribution in [0.3, 0.4) is 0 Å². The van der Waals surface area contributed by atoms with Gasteiger partial charge in [0, 0.05) is 11.7 Å². The van der Waals surface area contributed by atoms with E-state index in [-0.39, 0.29) is 12.3 Å². The molecule has 0 aliphatic carbocycles. The van der Waals surface area contributed by atoms with Crippen molar-refractivity contribution < 1.29 is 14.7 Å². The van der Waals surface area contributed by atoms with E-state index < -0.39 is 12.0 Å². The van der Waals surface area contributed by atoms with Gasteiger partial charge in [-0.1, -0.05) is 18.2 Å².